The third-order valence-corrected chi connectivity index (χ3v) is 9.17. The monoisotopic (exact) mass is 638 g/mol. The van der Waals surface area contributed by atoms with Crippen LogP contribution in [0.5, 0.6) is 0 Å². The first-order valence-electron chi connectivity index (χ1n) is 16.5. The molecule has 0 aliphatic rings. The molecule has 0 fully saturated rings. The summed E-state index contributed by atoms with van der Waals surface area (Å²) >= 11 is 0. The first-order chi connectivity index (χ1) is 23.9. The summed E-state index contributed by atoms with van der Waals surface area (Å²) in [5.41, 5.74) is 19.6. The number of fused-ring (bicyclic) bond motifs is 1. The maximum Gasteiger partial charge on any atom is 0.328 e. The van der Waals surface area contributed by atoms with Crippen LogP contribution >= 0.6 is 0 Å². The molecule has 0 aliphatic heterocycles. The largest absolute Gasteiger partial charge is 0.398 e. The van der Waals surface area contributed by atoms with Crippen LogP contribution in [-0.4, -0.2) is 14.8 Å². The molecule has 5 nitrogen and oxygen atoms in total. The molecule has 1 unspecified atom stereocenters. The fourth-order valence-electron chi connectivity index (χ4n) is 6.35. The lowest BCUT2D eigenvalue weighted by Gasteiger charge is -2.14. The van der Waals surface area contributed by atoms with Crippen LogP contribution in [0.15, 0.2) is 168 Å². The number of hydrogen-bond donors (Lipinski definition) is 1. The molecule has 1 heterocycles. The van der Waals surface area contributed by atoms with Gasteiger partial charge in [-0.1, -0.05) is 121 Å². The third kappa shape index (κ3) is 6.52. The molecule has 5 heteroatoms. The van der Waals surface area contributed by atoms with Crippen LogP contribution in [0.2, 0.25) is 0 Å². The number of nitrogens with zero attached hydrogens (tertiary/aromatic N) is 3. The van der Waals surface area contributed by atoms with Crippen molar-refractivity contribution in [2.75, 3.05) is 0 Å². The fourth-order valence-corrected chi connectivity index (χ4v) is 6.35. The summed E-state index contributed by atoms with van der Waals surface area (Å²) in [4.78, 5) is 17.9. The van der Waals surface area contributed by atoms with E-state index in [4.69, 9.17) is 10.7 Å². The minimum atomic E-state index is -0.0792. The molecule has 1 atom stereocenters. The number of aromatic nitrogens is 2. The topological polar surface area (TPSA) is 65.3 Å². The van der Waals surface area contributed by atoms with Crippen LogP contribution in [0.25, 0.3) is 50.1 Å². The normalized spacial score (nSPS) is 12.7. The second kappa shape index (κ2) is 13.5. The van der Waals surface area contributed by atoms with Gasteiger partial charge < -0.3 is 5.73 Å². The molecular weight excluding hydrogens is 601 g/mol. The maximum absolute atomic E-state index is 12.7. The number of imidazole rings is 1. The summed E-state index contributed by atoms with van der Waals surface area (Å²) in [6.07, 6.45) is 1.99. The number of allylic oxidation sites excluding steroid dienone is 1. The number of hydrogen-bond acceptors (Lipinski definition) is 3. The first-order valence-corrected chi connectivity index (χ1v) is 16.5. The van der Waals surface area contributed by atoms with Crippen LogP contribution in [-0.2, 0) is 14.1 Å². The van der Waals surface area contributed by atoms with Crippen LogP contribution in [0, 0.1) is 0 Å². The first kappa shape index (κ1) is 31.4. The molecule has 0 aliphatic carbocycles. The van der Waals surface area contributed by atoms with Crippen molar-refractivity contribution >= 4 is 22.4 Å². The van der Waals surface area contributed by atoms with Crippen molar-refractivity contribution < 1.29 is 0 Å². The second-order valence-corrected chi connectivity index (χ2v) is 12.4. The van der Waals surface area contributed by atoms with E-state index in [0.29, 0.717) is 5.70 Å². The highest BCUT2D eigenvalue weighted by Crippen LogP contribution is 2.32. The van der Waals surface area contributed by atoms with E-state index >= 15 is 0 Å². The fraction of sp³-hybridized carbons (Fsp3) is 0.0909. The van der Waals surface area contributed by atoms with Gasteiger partial charge in [0.2, 0.25) is 0 Å². The van der Waals surface area contributed by atoms with E-state index in [1.54, 1.807) is 16.2 Å². The molecule has 0 spiro atoms. The van der Waals surface area contributed by atoms with E-state index in [0.717, 1.165) is 61.3 Å². The highest BCUT2D eigenvalue weighted by molar-refractivity contribution is 6.12. The number of nitrogens with two attached hydrogens (primary N) is 1. The minimum absolute atomic E-state index is 0.0496. The molecule has 0 radical (unpaired) electrons. The number of aliphatic imine (C=N–C) groups is 1. The Hall–Kier alpha value is -6.20. The third-order valence-electron chi connectivity index (χ3n) is 9.17. The van der Waals surface area contributed by atoms with Gasteiger partial charge in [-0.2, -0.15) is 0 Å². The molecule has 2 N–H and O–H groups in total. The lowest BCUT2D eigenvalue weighted by molar-refractivity contribution is 0.795. The number of aryl methyl sites for hydroxylation is 2. The summed E-state index contributed by atoms with van der Waals surface area (Å²) in [7, 11) is 3.61. The average Bonchev–Trinajstić information content (AvgIpc) is 3.38. The second-order valence-electron chi connectivity index (χ2n) is 12.4. The van der Waals surface area contributed by atoms with Crippen molar-refractivity contribution in [2.45, 2.75) is 13.0 Å². The van der Waals surface area contributed by atoms with Gasteiger partial charge in [0.25, 0.3) is 0 Å². The number of benzene rings is 6. The van der Waals surface area contributed by atoms with Gasteiger partial charge in [0, 0.05) is 19.8 Å². The predicted molar refractivity (Wildman–Crippen MR) is 204 cm³/mol. The Bertz CT molecular complexity index is 2370. The zero-order chi connectivity index (χ0) is 33.9. The Balaban J connectivity index is 1.35. The lowest BCUT2D eigenvalue weighted by Crippen LogP contribution is -2.19. The summed E-state index contributed by atoms with van der Waals surface area (Å²) in [5.74, 6) is 0. The van der Waals surface area contributed by atoms with E-state index in [2.05, 4.69) is 110 Å². The Morgan fingerprint density at radius 1 is 0.571 bits per heavy atom. The van der Waals surface area contributed by atoms with Crippen LogP contribution < -0.4 is 11.4 Å². The Labute approximate surface area is 287 Å². The van der Waals surface area contributed by atoms with Crippen LogP contribution in [0.1, 0.15) is 29.7 Å². The van der Waals surface area contributed by atoms with Gasteiger partial charge in [-0.25, -0.2) is 4.79 Å². The maximum atomic E-state index is 12.7. The van der Waals surface area contributed by atoms with Gasteiger partial charge >= 0.3 is 5.69 Å². The zero-order valence-corrected chi connectivity index (χ0v) is 27.9. The smallest absolute Gasteiger partial charge is 0.328 e. The molecule has 0 bridgehead atoms. The summed E-state index contributed by atoms with van der Waals surface area (Å²) in [6, 6.07) is 52.0. The van der Waals surface area contributed by atoms with Crippen molar-refractivity contribution in [3.05, 3.63) is 185 Å². The molecular formula is C44H38N4O. The molecule has 6 aromatic carbocycles. The van der Waals surface area contributed by atoms with Crippen molar-refractivity contribution in [1.82, 2.24) is 9.13 Å². The molecule has 240 valence electrons. The van der Waals surface area contributed by atoms with Gasteiger partial charge in [0.15, 0.2) is 0 Å². The average molecular weight is 639 g/mol. The van der Waals surface area contributed by atoms with E-state index < -0.39 is 0 Å². The summed E-state index contributed by atoms with van der Waals surface area (Å²) < 4.78 is 3.37. The van der Waals surface area contributed by atoms with Gasteiger partial charge in [-0.05, 0) is 93.4 Å². The molecule has 7 aromatic rings. The molecule has 7 rings (SSSR count). The lowest BCUT2D eigenvalue weighted by atomic mass is 9.94. The van der Waals surface area contributed by atoms with Crippen molar-refractivity contribution in [1.29, 1.82) is 0 Å². The standard InChI is InChI=1S/C44H38N4O/c1-30(31-13-7-4-8-14-31)46-41(35-21-19-34(20-22-35)32-15-9-5-10-16-32)29-40(45)39-26-37(33-17-11-6-12-18-33)25-38(27-39)36-23-24-42-43(28-36)48(3)44(49)47(42)2/h4-30H,45H2,1-3H3/b40-29-,46-41?. The van der Waals surface area contributed by atoms with E-state index in [9.17, 15) is 4.79 Å². The molecule has 0 amide bonds. The Morgan fingerprint density at radius 3 is 1.71 bits per heavy atom. The van der Waals surface area contributed by atoms with Crippen LogP contribution in [0.3, 0.4) is 0 Å². The summed E-state index contributed by atoms with van der Waals surface area (Å²) in [5, 5.41) is 0. The SMILES string of the molecule is CC(N=C(/C=C(\N)c1cc(-c2ccccc2)cc(-c2ccc3c(c2)n(C)c(=O)n3C)c1)c1ccc(-c2ccccc2)cc1)c1ccccc1. The highest BCUT2D eigenvalue weighted by atomic mass is 16.1. The molecule has 1 aromatic heterocycles. The summed E-state index contributed by atoms with van der Waals surface area (Å²) in [6.45, 7) is 2.11. The van der Waals surface area contributed by atoms with Gasteiger partial charge in [0.1, 0.15) is 0 Å². The van der Waals surface area contributed by atoms with Crippen molar-refractivity contribution in [3.63, 3.8) is 0 Å². The van der Waals surface area contributed by atoms with Crippen LogP contribution in [0.4, 0.5) is 0 Å². The molecule has 49 heavy (non-hydrogen) atoms. The van der Waals surface area contributed by atoms with Gasteiger partial charge in [0.05, 0.1) is 22.8 Å². The van der Waals surface area contributed by atoms with E-state index in [1.807, 2.05) is 61.7 Å². The Morgan fingerprint density at radius 2 is 1.08 bits per heavy atom. The Kier molecular flexibility index (Phi) is 8.65. The van der Waals surface area contributed by atoms with E-state index in [-0.39, 0.29) is 11.7 Å². The van der Waals surface area contributed by atoms with Gasteiger partial charge in [-0.15, -0.1) is 0 Å². The zero-order valence-electron chi connectivity index (χ0n) is 27.9. The predicted octanol–water partition coefficient (Wildman–Crippen LogP) is 9.43. The van der Waals surface area contributed by atoms with Gasteiger partial charge in [-0.3, -0.25) is 14.1 Å². The number of rotatable bonds is 8. The molecule has 0 saturated heterocycles. The quantitative estimate of drug-likeness (QED) is 0.169. The van der Waals surface area contributed by atoms with Crippen molar-refractivity contribution in [2.24, 2.45) is 24.8 Å². The van der Waals surface area contributed by atoms with E-state index in [1.165, 1.54) is 5.56 Å². The molecule has 0 saturated carbocycles. The minimum Gasteiger partial charge on any atom is -0.398 e. The van der Waals surface area contributed by atoms with Crippen molar-refractivity contribution in [3.8, 4) is 33.4 Å². The highest BCUT2D eigenvalue weighted by Gasteiger charge is 2.14.